The minimum Gasteiger partial charge on any atom is -0.478 e. The van der Waals surface area contributed by atoms with Crippen LogP contribution in [0.5, 0.6) is 0 Å². The Kier molecular flexibility index (Phi) is 4.48. The number of carboxylic acid groups (broad SMARTS) is 1. The second kappa shape index (κ2) is 5.65. The second-order valence-corrected chi connectivity index (χ2v) is 4.23. The van der Waals surface area contributed by atoms with Crippen molar-refractivity contribution in [2.24, 2.45) is 0 Å². The maximum Gasteiger partial charge on any atom is 0.338 e. The van der Waals surface area contributed by atoms with Crippen LogP contribution in [0.4, 0.5) is 5.69 Å². The van der Waals surface area contributed by atoms with Gasteiger partial charge in [-0.15, -0.1) is 0 Å². The molecule has 1 unspecified atom stereocenters. The van der Waals surface area contributed by atoms with Crippen molar-refractivity contribution in [2.45, 2.75) is 19.6 Å². The predicted octanol–water partition coefficient (Wildman–Crippen LogP) is 0.780. The van der Waals surface area contributed by atoms with Gasteiger partial charge in [-0.05, 0) is 25.6 Å². The number of rotatable bonds is 5. The van der Waals surface area contributed by atoms with Crippen LogP contribution in [-0.2, 0) is 6.54 Å². The van der Waals surface area contributed by atoms with E-state index in [1.807, 2.05) is 11.9 Å². The molecule has 0 spiro atoms. The fraction of sp³-hybridized carbons (Fsp3) is 0.417. The summed E-state index contributed by atoms with van der Waals surface area (Å²) in [6, 6.07) is 5.04. The highest BCUT2D eigenvalue weighted by atomic mass is 16.4. The third-order valence-electron chi connectivity index (χ3n) is 2.41. The Labute approximate surface area is 100 Å². The maximum atomic E-state index is 11.1. The van der Waals surface area contributed by atoms with Crippen LogP contribution < -0.4 is 5.73 Å². The highest BCUT2D eigenvalue weighted by Crippen LogP contribution is 2.18. The largest absolute Gasteiger partial charge is 0.478 e. The molecule has 1 atom stereocenters. The van der Waals surface area contributed by atoms with Gasteiger partial charge in [-0.2, -0.15) is 0 Å². The molecule has 5 heteroatoms. The number of likely N-dealkylation sites (N-methyl/N-ethyl adjacent to an activating group) is 1. The van der Waals surface area contributed by atoms with Gasteiger partial charge in [-0.25, -0.2) is 4.79 Å². The number of nitrogens with two attached hydrogens (primary N) is 1. The summed E-state index contributed by atoms with van der Waals surface area (Å²) in [7, 11) is 1.82. The third kappa shape index (κ3) is 3.72. The van der Waals surface area contributed by atoms with E-state index in [2.05, 4.69) is 0 Å². The van der Waals surface area contributed by atoms with E-state index >= 15 is 0 Å². The van der Waals surface area contributed by atoms with Gasteiger partial charge < -0.3 is 15.9 Å². The number of carboxylic acids is 1. The Morgan fingerprint density at radius 1 is 1.53 bits per heavy atom. The molecule has 0 aliphatic carbocycles. The third-order valence-corrected chi connectivity index (χ3v) is 2.41. The average molecular weight is 238 g/mol. The molecule has 1 aromatic carbocycles. The highest BCUT2D eigenvalue weighted by molar-refractivity contribution is 5.95. The Morgan fingerprint density at radius 3 is 2.71 bits per heavy atom. The number of aliphatic hydroxyl groups excluding tert-OH is 1. The van der Waals surface area contributed by atoms with Gasteiger partial charge in [0.05, 0.1) is 11.7 Å². The van der Waals surface area contributed by atoms with Crippen LogP contribution in [-0.4, -0.2) is 40.8 Å². The van der Waals surface area contributed by atoms with Gasteiger partial charge in [0, 0.05) is 18.8 Å². The number of nitrogen functional groups attached to an aromatic ring is 1. The predicted molar refractivity (Wildman–Crippen MR) is 65.8 cm³/mol. The smallest absolute Gasteiger partial charge is 0.338 e. The van der Waals surface area contributed by atoms with Crippen molar-refractivity contribution in [3.05, 3.63) is 29.3 Å². The monoisotopic (exact) mass is 238 g/mol. The summed E-state index contributed by atoms with van der Waals surface area (Å²) in [6.07, 6.45) is -0.450. The molecule has 0 amide bonds. The molecule has 0 aliphatic heterocycles. The summed E-state index contributed by atoms with van der Waals surface area (Å²) < 4.78 is 0. The summed E-state index contributed by atoms with van der Waals surface area (Å²) >= 11 is 0. The Bertz CT molecular complexity index is 405. The van der Waals surface area contributed by atoms with Gasteiger partial charge in [-0.3, -0.25) is 4.90 Å². The lowest BCUT2D eigenvalue weighted by Gasteiger charge is -2.19. The Morgan fingerprint density at radius 2 is 2.18 bits per heavy atom. The number of aromatic carboxylic acids is 1. The van der Waals surface area contributed by atoms with E-state index < -0.39 is 12.1 Å². The fourth-order valence-electron chi connectivity index (χ4n) is 1.82. The average Bonchev–Trinajstić information content (AvgIpc) is 2.15. The molecule has 0 heterocycles. The first kappa shape index (κ1) is 13.5. The van der Waals surface area contributed by atoms with Crippen LogP contribution in [0.2, 0.25) is 0 Å². The highest BCUT2D eigenvalue weighted by Gasteiger charge is 2.15. The standard InChI is InChI=1S/C12H18N2O3/c1-8(15)6-14(2)7-9-4-3-5-10(13)11(9)12(16)17/h3-5,8,15H,6-7,13H2,1-2H3,(H,16,17). The molecule has 4 N–H and O–H groups in total. The zero-order chi connectivity index (χ0) is 13.0. The number of anilines is 1. The van der Waals surface area contributed by atoms with Crippen molar-refractivity contribution in [3.8, 4) is 0 Å². The van der Waals surface area contributed by atoms with Crippen molar-refractivity contribution in [1.29, 1.82) is 0 Å². The van der Waals surface area contributed by atoms with Crippen LogP contribution in [0, 0.1) is 0 Å². The van der Waals surface area contributed by atoms with Crippen molar-refractivity contribution in [1.82, 2.24) is 4.90 Å². The molecule has 5 nitrogen and oxygen atoms in total. The van der Waals surface area contributed by atoms with E-state index in [-0.39, 0.29) is 11.3 Å². The first-order chi connectivity index (χ1) is 7.91. The molecule has 0 saturated carbocycles. The van der Waals surface area contributed by atoms with Gasteiger partial charge in [0.1, 0.15) is 0 Å². The number of benzene rings is 1. The normalized spacial score (nSPS) is 12.7. The van der Waals surface area contributed by atoms with Gasteiger partial charge in [-0.1, -0.05) is 12.1 Å². The summed E-state index contributed by atoms with van der Waals surface area (Å²) in [5.74, 6) is -1.02. The molecule has 0 fully saturated rings. The van der Waals surface area contributed by atoms with Crippen LogP contribution in [0.3, 0.4) is 0 Å². The van der Waals surface area contributed by atoms with Crippen LogP contribution in [0.15, 0.2) is 18.2 Å². The number of nitrogens with zero attached hydrogens (tertiary/aromatic N) is 1. The number of aliphatic hydroxyl groups is 1. The molecular weight excluding hydrogens is 220 g/mol. The van der Waals surface area contributed by atoms with E-state index in [1.54, 1.807) is 25.1 Å². The van der Waals surface area contributed by atoms with Crippen molar-refractivity contribution in [3.63, 3.8) is 0 Å². The zero-order valence-corrected chi connectivity index (χ0v) is 10.1. The van der Waals surface area contributed by atoms with E-state index in [1.165, 1.54) is 0 Å². The summed E-state index contributed by atoms with van der Waals surface area (Å²) in [4.78, 5) is 13.0. The molecule has 0 bridgehead atoms. The fourth-order valence-corrected chi connectivity index (χ4v) is 1.82. The SMILES string of the molecule is CC(O)CN(C)Cc1cccc(N)c1C(=O)O. The zero-order valence-electron chi connectivity index (χ0n) is 10.1. The second-order valence-electron chi connectivity index (χ2n) is 4.23. The Balaban J connectivity index is 2.91. The molecule has 0 aromatic heterocycles. The summed E-state index contributed by atoms with van der Waals surface area (Å²) in [5, 5.41) is 18.3. The number of hydrogen-bond acceptors (Lipinski definition) is 4. The molecule has 0 radical (unpaired) electrons. The van der Waals surface area contributed by atoms with Crippen molar-refractivity contribution >= 4 is 11.7 Å². The molecular formula is C12H18N2O3. The minimum absolute atomic E-state index is 0.143. The lowest BCUT2D eigenvalue weighted by molar-refractivity contribution is 0.0695. The lowest BCUT2D eigenvalue weighted by atomic mass is 10.1. The first-order valence-corrected chi connectivity index (χ1v) is 5.39. The van der Waals surface area contributed by atoms with Crippen molar-refractivity contribution in [2.75, 3.05) is 19.3 Å². The van der Waals surface area contributed by atoms with E-state index in [9.17, 15) is 9.90 Å². The molecule has 0 saturated heterocycles. The molecule has 17 heavy (non-hydrogen) atoms. The number of hydrogen-bond donors (Lipinski definition) is 3. The minimum atomic E-state index is -1.02. The first-order valence-electron chi connectivity index (χ1n) is 5.39. The van der Waals surface area contributed by atoms with Gasteiger partial charge in [0.25, 0.3) is 0 Å². The number of carbonyl (C=O) groups is 1. The molecule has 0 aliphatic rings. The van der Waals surface area contributed by atoms with Gasteiger partial charge in [0.15, 0.2) is 0 Å². The van der Waals surface area contributed by atoms with Crippen LogP contribution >= 0.6 is 0 Å². The van der Waals surface area contributed by atoms with E-state index in [0.717, 1.165) is 0 Å². The van der Waals surface area contributed by atoms with E-state index in [4.69, 9.17) is 10.8 Å². The maximum absolute atomic E-state index is 11.1. The van der Waals surface area contributed by atoms with Gasteiger partial charge in [0.2, 0.25) is 0 Å². The topological polar surface area (TPSA) is 86.8 Å². The lowest BCUT2D eigenvalue weighted by Crippen LogP contribution is -2.27. The van der Waals surface area contributed by atoms with Crippen LogP contribution in [0.1, 0.15) is 22.8 Å². The Hall–Kier alpha value is -1.59. The van der Waals surface area contributed by atoms with Crippen molar-refractivity contribution < 1.29 is 15.0 Å². The summed E-state index contributed by atoms with van der Waals surface area (Å²) in [5.41, 5.74) is 6.71. The van der Waals surface area contributed by atoms with Gasteiger partial charge >= 0.3 is 5.97 Å². The summed E-state index contributed by atoms with van der Waals surface area (Å²) in [6.45, 7) is 2.61. The van der Waals surface area contributed by atoms with E-state index in [0.29, 0.717) is 18.7 Å². The quantitative estimate of drug-likeness (QED) is 0.660. The van der Waals surface area contributed by atoms with Crippen LogP contribution in [0.25, 0.3) is 0 Å². The molecule has 1 rings (SSSR count). The molecule has 1 aromatic rings. The molecule has 94 valence electrons.